The van der Waals surface area contributed by atoms with E-state index in [1.807, 2.05) is 23.5 Å². The summed E-state index contributed by atoms with van der Waals surface area (Å²) in [6.45, 7) is 0. The summed E-state index contributed by atoms with van der Waals surface area (Å²) in [4.78, 5) is 5.02. The van der Waals surface area contributed by atoms with Crippen molar-refractivity contribution in [2.24, 2.45) is 0 Å². The van der Waals surface area contributed by atoms with Crippen molar-refractivity contribution in [1.29, 1.82) is 10.5 Å². The highest BCUT2D eigenvalue weighted by Gasteiger charge is 2.17. The van der Waals surface area contributed by atoms with E-state index in [2.05, 4.69) is 59.3 Å². The van der Waals surface area contributed by atoms with Gasteiger partial charge in [0.25, 0.3) is 0 Å². The van der Waals surface area contributed by atoms with E-state index in [0.29, 0.717) is 11.1 Å². The Morgan fingerprint density at radius 1 is 0.667 bits per heavy atom. The molecular formula is C22H10N2S3. The molecular weight excluding hydrogens is 388 g/mol. The highest BCUT2D eigenvalue weighted by Crippen LogP contribution is 2.47. The van der Waals surface area contributed by atoms with Gasteiger partial charge in [-0.3, -0.25) is 0 Å². The molecule has 0 bridgehead atoms. The normalized spacial score (nSPS) is 10.9. The molecule has 27 heavy (non-hydrogen) atoms. The molecule has 3 aromatic heterocycles. The van der Waals surface area contributed by atoms with Crippen LogP contribution < -0.4 is 0 Å². The van der Waals surface area contributed by atoms with E-state index in [4.69, 9.17) is 0 Å². The Balaban J connectivity index is 1.90. The highest BCUT2D eigenvalue weighted by atomic mass is 32.1. The maximum Gasteiger partial charge on any atom is 0.101 e. The summed E-state index contributed by atoms with van der Waals surface area (Å²) in [6.07, 6.45) is 0. The number of rotatable bonds is 2. The predicted molar refractivity (Wildman–Crippen MR) is 115 cm³/mol. The Labute approximate surface area is 167 Å². The van der Waals surface area contributed by atoms with Gasteiger partial charge in [0.05, 0.1) is 20.9 Å². The molecule has 0 N–H and O–H groups in total. The minimum absolute atomic E-state index is 0.427. The van der Waals surface area contributed by atoms with Gasteiger partial charge in [0.1, 0.15) is 12.1 Å². The smallest absolute Gasteiger partial charge is 0.101 e. The standard InChI is InChI=1S/C22H10N2S3/c23-11-15-7-13-9-17-18(10-14(13)8-16(15)12-24)22(20-4-2-6-26-20)27-21(17)19-3-1-5-25-19/h1-10H. The second-order valence-corrected chi connectivity index (χ2v) is 9.00. The molecule has 0 aliphatic heterocycles. The Hall–Kier alpha value is -2.96. The van der Waals surface area contributed by atoms with Gasteiger partial charge in [-0.2, -0.15) is 10.5 Å². The van der Waals surface area contributed by atoms with E-state index >= 15 is 0 Å². The fourth-order valence-corrected chi connectivity index (χ4v) is 6.30. The molecule has 0 saturated heterocycles. The summed E-state index contributed by atoms with van der Waals surface area (Å²) in [6, 6.07) is 20.7. The lowest BCUT2D eigenvalue weighted by atomic mass is 9.98. The van der Waals surface area contributed by atoms with E-state index in [9.17, 15) is 10.5 Å². The van der Waals surface area contributed by atoms with Crippen LogP contribution in [-0.2, 0) is 0 Å². The van der Waals surface area contributed by atoms with Crippen molar-refractivity contribution in [2.75, 3.05) is 0 Å². The van der Waals surface area contributed by atoms with Crippen LogP contribution in [-0.4, -0.2) is 0 Å². The quantitative estimate of drug-likeness (QED) is 0.314. The van der Waals surface area contributed by atoms with Gasteiger partial charge in [-0.15, -0.1) is 34.0 Å². The SMILES string of the molecule is N#Cc1cc2cc3c(-c4cccs4)sc(-c4cccs4)c3cc2cc1C#N. The van der Waals surface area contributed by atoms with Crippen LogP contribution in [0.5, 0.6) is 0 Å². The number of hydrogen-bond donors (Lipinski definition) is 0. The molecule has 126 valence electrons. The summed E-state index contributed by atoms with van der Waals surface area (Å²) in [7, 11) is 0. The van der Waals surface area contributed by atoms with E-state index in [0.717, 1.165) is 10.8 Å². The predicted octanol–water partition coefficient (Wildman–Crippen LogP) is 7.25. The number of benzene rings is 2. The molecule has 0 unspecified atom stereocenters. The molecule has 0 amide bonds. The van der Waals surface area contributed by atoms with Crippen molar-refractivity contribution in [2.45, 2.75) is 0 Å². The van der Waals surface area contributed by atoms with Crippen molar-refractivity contribution >= 4 is 55.6 Å². The number of fused-ring (bicyclic) bond motifs is 2. The zero-order valence-electron chi connectivity index (χ0n) is 13.9. The number of thiophene rings is 3. The van der Waals surface area contributed by atoms with Gasteiger partial charge in [-0.25, -0.2) is 0 Å². The Morgan fingerprint density at radius 2 is 1.15 bits per heavy atom. The summed E-state index contributed by atoms with van der Waals surface area (Å²) < 4.78 is 0. The van der Waals surface area contributed by atoms with Gasteiger partial charge < -0.3 is 0 Å². The van der Waals surface area contributed by atoms with Crippen LogP contribution in [0.2, 0.25) is 0 Å². The van der Waals surface area contributed by atoms with Crippen LogP contribution >= 0.6 is 34.0 Å². The van der Waals surface area contributed by atoms with Gasteiger partial charge in [0.2, 0.25) is 0 Å². The number of hydrogen-bond acceptors (Lipinski definition) is 5. The Kier molecular flexibility index (Phi) is 3.81. The van der Waals surface area contributed by atoms with E-state index in [1.54, 1.807) is 22.7 Å². The average Bonchev–Trinajstić information content (AvgIpc) is 3.44. The minimum atomic E-state index is 0.427. The average molecular weight is 399 g/mol. The first-order valence-electron chi connectivity index (χ1n) is 8.21. The van der Waals surface area contributed by atoms with Crippen LogP contribution in [0.1, 0.15) is 11.1 Å². The minimum Gasteiger partial charge on any atom is -0.192 e. The second kappa shape index (κ2) is 6.33. The summed E-state index contributed by atoms with van der Waals surface area (Å²) in [5, 5.41) is 27.3. The molecule has 5 heteroatoms. The Bertz CT molecular complexity index is 1270. The zero-order chi connectivity index (χ0) is 18.4. The molecule has 5 rings (SSSR count). The maximum atomic E-state index is 9.36. The van der Waals surface area contributed by atoms with Crippen molar-refractivity contribution in [3.05, 3.63) is 70.4 Å². The van der Waals surface area contributed by atoms with Crippen LogP contribution in [0.3, 0.4) is 0 Å². The first-order chi connectivity index (χ1) is 13.3. The zero-order valence-corrected chi connectivity index (χ0v) is 16.3. The highest BCUT2D eigenvalue weighted by molar-refractivity contribution is 7.27. The maximum absolute atomic E-state index is 9.36. The number of nitrogens with zero attached hydrogens (tertiary/aromatic N) is 2. The van der Waals surface area contributed by atoms with Crippen molar-refractivity contribution in [3.63, 3.8) is 0 Å². The molecule has 0 saturated carbocycles. The molecule has 0 fully saturated rings. The van der Waals surface area contributed by atoms with E-state index in [1.165, 1.54) is 30.3 Å². The van der Waals surface area contributed by atoms with Crippen LogP contribution in [0.25, 0.3) is 41.1 Å². The lowest BCUT2D eigenvalue weighted by molar-refractivity contribution is 1.45. The van der Waals surface area contributed by atoms with Gasteiger partial charge in [-0.1, -0.05) is 12.1 Å². The molecule has 2 aromatic carbocycles. The van der Waals surface area contributed by atoms with E-state index in [-0.39, 0.29) is 0 Å². The third-order valence-corrected chi connectivity index (χ3v) is 7.86. The molecule has 2 nitrogen and oxygen atoms in total. The van der Waals surface area contributed by atoms with Gasteiger partial charge >= 0.3 is 0 Å². The first-order valence-corrected chi connectivity index (χ1v) is 10.8. The molecule has 0 atom stereocenters. The largest absolute Gasteiger partial charge is 0.192 e. The van der Waals surface area contributed by atoms with Gasteiger partial charge in [-0.05, 0) is 57.9 Å². The monoisotopic (exact) mass is 398 g/mol. The van der Waals surface area contributed by atoms with Crippen LogP contribution in [0.15, 0.2) is 59.3 Å². The van der Waals surface area contributed by atoms with Gasteiger partial charge in [0, 0.05) is 20.5 Å². The molecule has 5 aromatic rings. The van der Waals surface area contributed by atoms with Crippen LogP contribution in [0.4, 0.5) is 0 Å². The fraction of sp³-hybridized carbons (Fsp3) is 0. The summed E-state index contributed by atoms with van der Waals surface area (Å²) in [5.74, 6) is 0. The Morgan fingerprint density at radius 3 is 1.52 bits per heavy atom. The molecule has 0 aliphatic rings. The van der Waals surface area contributed by atoms with Crippen molar-refractivity contribution in [3.8, 4) is 31.6 Å². The molecule has 0 aliphatic carbocycles. The fourth-order valence-electron chi connectivity index (χ4n) is 3.30. The number of nitriles is 2. The van der Waals surface area contributed by atoms with Crippen molar-refractivity contribution in [1.82, 2.24) is 0 Å². The third-order valence-electron chi connectivity index (χ3n) is 4.54. The first kappa shape index (κ1) is 16.2. The molecule has 0 spiro atoms. The third kappa shape index (κ3) is 2.57. The topological polar surface area (TPSA) is 47.6 Å². The van der Waals surface area contributed by atoms with E-state index < -0.39 is 0 Å². The van der Waals surface area contributed by atoms with Crippen LogP contribution in [0, 0.1) is 22.7 Å². The summed E-state index contributed by atoms with van der Waals surface area (Å²) in [5.41, 5.74) is 0.853. The molecule has 3 heterocycles. The van der Waals surface area contributed by atoms with Gasteiger partial charge in [0.15, 0.2) is 0 Å². The lowest BCUT2D eigenvalue weighted by Crippen LogP contribution is -1.85. The second-order valence-electron chi connectivity index (χ2n) is 6.08. The molecule has 0 radical (unpaired) electrons. The summed E-state index contributed by atoms with van der Waals surface area (Å²) >= 11 is 5.29. The lowest BCUT2D eigenvalue weighted by Gasteiger charge is -2.04. The van der Waals surface area contributed by atoms with Crippen molar-refractivity contribution < 1.29 is 0 Å².